The summed E-state index contributed by atoms with van der Waals surface area (Å²) in [6, 6.07) is 0. The molecule has 0 unspecified atom stereocenters. The van der Waals surface area contributed by atoms with Gasteiger partial charge in [0.2, 0.25) is 0 Å². The number of aliphatic hydroxyl groups excluding tert-OH is 2. The average molecular weight is 176 g/mol. The second-order valence-corrected chi connectivity index (χ2v) is 3.31. The predicted octanol–water partition coefficient (Wildman–Crippen LogP) is -0.466. The molecule has 4 heteroatoms. The molecule has 0 aromatic carbocycles. The Hall–Kier alpha value is -0.160. The Bertz CT molecular complexity index is 140. The van der Waals surface area contributed by atoms with E-state index in [2.05, 4.69) is 0 Å². The molecule has 0 bridgehead atoms. The molecule has 0 amide bonds. The Morgan fingerprint density at radius 1 is 1.67 bits per heavy atom. The van der Waals surface area contributed by atoms with Crippen molar-refractivity contribution in [3.05, 3.63) is 0 Å². The van der Waals surface area contributed by atoms with Crippen molar-refractivity contribution in [1.29, 1.82) is 0 Å². The van der Waals surface area contributed by atoms with Gasteiger partial charge >= 0.3 is 0 Å². The van der Waals surface area contributed by atoms with Crippen molar-refractivity contribution in [2.24, 2.45) is 0 Å². The molecule has 0 radical (unpaired) electrons. The molecule has 1 rings (SSSR count). The molecular weight excluding hydrogens is 160 g/mol. The van der Waals surface area contributed by atoms with Crippen LogP contribution in [0.5, 0.6) is 0 Å². The van der Waals surface area contributed by atoms with Gasteiger partial charge < -0.3 is 19.7 Å². The summed E-state index contributed by atoms with van der Waals surface area (Å²) >= 11 is 0. The van der Waals surface area contributed by atoms with Gasteiger partial charge in [0.1, 0.15) is 12.2 Å². The minimum atomic E-state index is -0.749. The molecule has 72 valence electrons. The number of hydrogen-bond donors (Lipinski definition) is 2. The van der Waals surface area contributed by atoms with Crippen molar-refractivity contribution in [2.45, 2.75) is 31.2 Å². The van der Waals surface area contributed by atoms with Gasteiger partial charge in [-0.15, -0.1) is 0 Å². The van der Waals surface area contributed by atoms with Crippen molar-refractivity contribution in [1.82, 2.24) is 0 Å². The second-order valence-electron chi connectivity index (χ2n) is 3.31. The molecule has 1 heterocycles. The lowest BCUT2D eigenvalue weighted by molar-refractivity contribution is -0.223. The van der Waals surface area contributed by atoms with Gasteiger partial charge in [0.15, 0.2) is 0 Å². The first-order valence-electron chi connectivity index (χ1n) is 4.09. The summed E-state index contributed by atoms with van der Waals surface area (Å²) in [4.78, 5) is 0. The SMILES string of the molecule is CO[C@H](CO)[C@@H](O)[C@@]1(C)CCO1. The zero-order valence-corrected chi connectivity index (χ0v) is 7.49. The summed E-state index contributed by atoms with van der Waals surface area (Å²) in [5.41, 5.74) is -0.524. The number of ether oxygens (including phenoxy) is 2. The highest BCUT2D eigenvalue weighted by Crippen LogP contribution is 2.31. The fourth-order valence-corrected chi connectivity index (χ4v) is 1.35. The van der Waals surface area contributed by atoms with Crippen LogP contribution in [0.25, 0.3) is 0 Å². The van der Waals surface area contributed by atoms with Crippen LogP contribution in [0.15, 0.2) is 0 Å². The molecule has 1 aliphatic rings. The maximum Gasteiger partial charge on any atom is 0.111 e. The lowest BCUT2D eigenvalue weighted by Gasteiger charge is -2.44. The van der Waals surface area contributed by atoms with Crippen LogP contribution in [0, 0.1) is 0 Å². The summed E-state index contributed by atoms with van der Waals surface area (Å²) in [5, 5.41) is 18.5. The fraction of sp³-hybridized carbons (Fsp3) is 1.00. The highest BCUT2D eigenvalue weighted by molar-refractivity contribution is 4.93. The number of rotatable bonds is 4. The predicted molar refractivity (Wildman–Crippen MR) is 42.9 cm³/mol. The Labute approximate surface area is 72.1 Å². The lowest BCUT2D eigenvalue weighted by Crippen LogP contribution is -2.56. The third-order valence-corrected chi connectivity index (χ3v) is 2.49. The van der Waals surface area contributed by atoms with Crippen molar-refractivity contribution < 1.29 is 19.7 Å². The Morgan fingerprint density at radius 2 is 2.25 bits per heavy atom. The first kappa shape index (κ1) is 9.92. The van der Waals surface area contributed by atoms with Gasteiger partial charge in [-0.3, -0.25) is 0 Å². The maximum absolute atomic E-state index is 9.68. The molecular formula is C8H16O4. The first-order valence-corrected chi connectivity index (χ1v) is 4.09. The molecule has 1 fully saturated rings. The summed E-state index contributed by atoms with van der Waals surface area (Å²) in [7, 11) is 1.46. The molecule has 0 aromatic rings. The number of methoxy groups -OCH3 is 1. The summed E-state index contributed by atoms with van der Waals surface area (Å²) < 4.78 is 10.1. The summed E-state index contributed by atoms with van der Waals surface area (Å²) in [5.74, 6) is 0. The van der Waals surface area contributed by atoms with E-state index in [1.807, 2.05) is 6.92 Å². The average Bonchev–Trinajstić information content (AvgIpc) is 2.02. The number of aliphatic hydroxyl groups is 2. The van der Waals surface area contributed by atoms with Crippen molar-refractivity contribution >= 4 is 0 Å². The first-order chi connectivity index (χ1) is 5.64. The van der Waals surface area contributed by atoms with E-state index < -0.39 is 17.8 Å². The van der Waals surface area contributed by atoms with Crippen LogP contribution in [-0.2, 0) is 9.47 Å². The van der Waals surface area contributed by atoms with Gasteiger partial charge in [0, 0.05) is 13.5 Å². The van der Waals surface area contributed by atoms with Gasteiger partial charge in [-0.25, -0.2) is 0 Å². The van der Waals surface area contributed by atoms with Crippen molar-refractivity contribution in [3.63, 3.8) is 0 Å². The molecule has 0 saturated carbocycles. The van der Waals surface area contributed by atoms with E-state index >= 15 is 0 Å². The van der Waals surface area contributed by atoms with E-state index in [1.54, 1.807) is 0 Å². The molecule has 1 aliphatic heterocycles. The fourth-order valence-electron chi connectivity index (χ4n) is 1.35. The van der Waals surface area contributed by atoms with Crippen LogP contribution >= 0.6 is 0 Å². The molecule has 12 heavy (non-hydrogen) atoms. The van der Waals surface area contributed by atoms with Crippen LogP contribution < -0.4 is 0 Å². The Balaban J connectivity index is 2.49. The van der Waals surface area contributed by atoms with E-state index in [9.17, 15) is 5.11 Å². The van der Waals surface area contributed by atoms with E-state index in [0.717, 1.165) is 6.42 Å². The third kappa shape index (κ3) is 1.61. The largest absolute Gasteiger partial charge is 0.394 e. The minimum Gasteiger partial charge on any atom is -0.394 e. The van der Waals surface area contributed by atoms with Crippen LogP contribution in [0.3, 0.4) is 0 Å². The van der Waals surface area contributed by atoms with Gasteiger partial charge in [0.05, 0.1) is 18.8 Å². The topological polar surface area (TPSA) is 58.9 Å². The molecule has 0 aliphatic carbocycles. The van der Waals surface area contributed by atoms with E-state index in [0.29, 0.717) is 6.61 Å². The van der Waals surface area contributed by atoms with Gasteiger partial charge in [-0.2, -0.15) is 0 Å². The molecule has 4 nitrogen and oxygen atoms in total. The third-order valence-electron chi connectivity index (χ3n) is 2.49. The molecule has 3 atom stereocenters. The summed E-state index contributed by atoms with van der Waals surface area (Å²) in [6.45, 7) is 2.31. The molecule has 0 aromatic heterocycles. The van der Waals surface area contributed by atoms with Gasteiger partial charge in [0.25, 0.3) is 0 Å². The van der Waals surface area contributed by atoms with Crippen LogP contribution in [0.4, 0.5) is 0 Å². The van der Waals surface area contributed by atoms with E-state index in [1.165, 1.54) is 7.11 Å². The quantitative estimate of drug-likeness (QED) is 0.608. The Kier molecular flexibility index (Phi) is 3.06. The maximum atomic E-state index is 9.68. The van der Waals surface area contributed by atoms with Gasteiger partial charge in [-0.05, 0) is 6.92 Å². The summed E-state index contributed by atoms with van der Waals surface area (Å²) in [6.07, 6.45) is -0.481. The zero-order valence-electron chi connectivity index (χ0n) is 7.49. The van der Waals surface area contributed by atoms with E-state index in [4.69, 9.17) is 14.6 Å². The monoisotopic (exact) mass is 176 g/mol. The van der Waals surface area contributed by atoms with Crippen LogP contribution in [0.1, 0.15) is 13.3 Å². The minimum absolute atomic E-state index is 0.184. The van der Waals surface area contributed by atoms with Crippen molar-refractivity contribution in [3.8, 4) is 0 Å². The standard InChI is InChI=1S/C8H16O4/c1-8(3-4-12-8)7(10)6(5-9)11-2/h6-7,9-10H,3-5H2,1-2H3/t6-,7-,8-/m1/s1. The lowest BCUT2D eigenvalue weighted by atomic mass is 9.87. The molecule has 0 spiro atoms. The highest BCUT2D eigenvalue weighted by Gasteiger charge is 2.44. The normalized spacial score (nSPS) is 34.0. The zero-order chi connectivity index (χ0) is 9.19. The number of hydrogen-bond acceptors (Lipinski definition) is 4. The highest BCUT2D eigenvalue weighted by atomic mass is 16.5. The van der Waals surface area contributed by atoms with Crippen LogP contribution in [0.2, 0.25) is 0 Å². The molecule has 1 saturated heterocycles. The molecule has 2 N–H and O–H groups in total. The Morgan fingerprint density at radius 3 is 2.50 bits per heavy atom. The van der Waals surface area contributed by atoms with Gasteiger partial charge in [-0.1, -0.05) is 0 Å². The van der Waals surface area contributed by atoms with Crippen molar-refractivity contribution in [2.75, 3.05) is 20.3 Å². The van der Waals surface area contributed by atoms with E-state index in [-0.39, 0.29) is 6.61 Å². The smallest absolute Gasteiger partial charge is 0.111 e. The second kappa shape index (κ2) is 3.70. The van der Waals surface area contributed by atoms with Crippen LogP contribution in [-0.4, -0.2) is 48.3 Å².